The zero-order valence-electron chi connectivity index (χ0n) is 20.7. The third kappa shape index (κ3) is 8.50. The fourth-order valence-electron chi connectivity index (χ4n) is 4.61. The first-order valence-electron chi connectivity index (χ1n) is 12.3. The van der Waals surface area contributed by atoms with E-state index in [1.807, 2.05) is 32.9 Å². The summed E-state index contributed by atoms with van der Waals surface area (Å²) in [6, 6.07) is 0. The van der Waals surface area contributed by atoms with Gasteiger partial charge in [-0.05, 0) is 65.2 Å². The van der Waals surface area contributed by atoms with Crippen LogP contribution in [0.25, 0.3) is 0 Å². The van der Waals surface area contributed by atoms with Gasteiger partial charge in [0.05, 0.1) is 29.7 Å². The highest BCUT2D eigenvalue weighted by atomic mass is 32.2. The number of hydrogen-bond donors (Lipinski definition) is 3. The van der Waals surface area contributed by atoms with Crippen molar-refractivity contribution < 1.29 is 28.2 Å². The Morgan fingerprint density at radius 3 is 2.52 bits per heavy atom. The number of ether oxygens (including phenoxy) is 1. The molecule has 1 unspecified atom stereocenters. The maximum absolute atomic E-state index is 11.9. The second kappa shape index (κ2) is 12.5. The van der Waals surface area contributed by atoms with Crippen molar-refractivity contribution in [1.82, 2.24) is 4.72 Å². The zero-order chi connectivity index (χ0) is 24.8. The molecule has 3 N–H and O–H groups in total. The molecule has 0 aromatic rings. The van der Waals surface area contributed by atoms with Crippen molar-refractivity contribution in [2.24, 2.45) is 17.8 Å². The molecule has 0 bridgehead atoms. The molecule has 1 aliphatic heterocycles. The monoisotopic (exact) mass is 485 g/mol. The highest BCUT2D eigenvalue weighted by molar-refractivity contribution is 7.90. The van der Waals surface area contributed by atoms with Crippen LogP contribution in [0.4, 0.5) is 0 Å². The predicted molar refractivity (Wildman–Crippen MR) is 130 cm³/mol. The first-order valence-corrected chi connectivity index (χ1v) is 13.8. The maximum Gasteiger partial charge on any atom is 0.237 e. The zero-order valence-corrected chi connectivity index (χ0v) is 21.6. The molecule has 33 heavy (non-hydrogen) atoms. The molecule has 190 valence electrons. The van der Waals surface area contributed by atoms with E-state index in [-0.39, 0.29) is 36.4 Å². The van der Waals surface area contributed by atoms with Crippen LogP contribution in [0.5, 0.6) is 0 Å². The van der Waals surface area contributed by atoms with Crippen molar-refractivity contribution >= 4 is 15.9 Å². The van der Waals surface area contributed by atoms with Crippen LogP contribution in [-0.2, 0) is 19.6 Å². The molecule has 2 aliphatic rings. The highest BCUT2D eigenvalue weighted by Crippen LogP contribution is 2.45. The Kier molecular flexibility index (Phi) is 10.6. The van der Waals surface area contributed by atoms with E-state index in [2.05, 4.69) is 10.8 Å². The van der Waals surface area contributed by atoms with Crippen LogP contribution < -0.4 is 4.72 Å². The Bertz CT molecular complexity index is 802. The van der Waals surface area contributed by atoms with E-state index >= 15 is 0 Å². The van der Waals surface area contributed by atoms with Crippen LogP contribution in [0.3, 0.4) is 0 Å². The molecular formula is C25H43NO6S. The van der Waals surface area contributed by atoms with Crippen LogP contribution >= 0.6 is 0 Å². The number of aliphatic hydroxyl groups excluding tert-OH is 2. The minimum absolute atomic E-state index is 0.0164. The summed E-state index contributed by atoms with van der Waals surface area (Å²) in [5.41, 5.74) is 1.24. The van der Waals surface area contributed by atoms with Crippen LogP contribution in [0, 0.1) is 17.8 Å². The molecule has 7 nitrogen and oxygen atoms in total. The number of allylic oxidation sites excluding steroid dienone is 2. The van der Waals surface area contributed by atoms with E-state index in [0.29, 0.717) is 12.8 Å². The van der Waals surface area contributed by atoms with E-state index in [1.54, 1.807) is 0 Å². The lowest BCUT2D eigenvalue weighted by Gasteiger charge is -2.19. The summed E-state index contributed by atoms with van der Waals surface area (Å²) in [7, 11) is -3.57. The first-order chi connectivity index (χ1) is 15.4. The molecule has 2 fully saturated rings. The van der Waals surface area contributed by atoms with E-state index in [4.69, 9.17) is 4.74 Å². The number of hydrogen-bond acceptors (Lipinski definition) is 6. The second-order valence-electron chi connectivity index (χ2n) is 10.3. The fraction of sp³-hybridized carbons (Fsp3) is 0.800. The number of rotatable bonds is 12. The minimum atomic E-state index is -3.57. The van der Waals surface area contributed by atoms with Gasteiger partial charge in [-0.1, -0.05) is 37.1 Å². The van der Waals surface area contributed by atoms with Gasteiger partial charge in [0.1, 0.15) is 0 Å². The van der Waals surface area contributed by atoms with Crippen molar-refractivity contribution in [1.29, 1.82) is 0 Å². The molecule has 1 amide bonds. The summed E-state index contributed by atoms with van der Waals surface area (Å²) in [6.07, 6.45) is 9.71. The van der Waals surface area contributed by atoms with Gasteiger partial charge in [0.2, 0.25) is 15.9 Å². The quantitative estimate of drug-likeness (QED) is 0.288. The molecule has 1 aliphatic carbocycles. The van der Waals surface area contributed by atoms with Crippen molar-refractivity contribution in [3.63, 3.8) is 0 Å². The smallest absolute Gasteiger partial charge is 0.237 e. The van der Waals surface area contributed by atoms with Gasteiger partial charge in [-0.2, -0.15) is 0 Å². The third-order valence-electron chi connectivity index (χ3n) is 6.86. The number of nitrogens with one attached hydrogen (secondary N) is 1. The average molecular weight is 486 g/mol. The third-order valence-corrected chi connectivity index (χ3v) is 8.61. The molecule has 1 saturated carbocycles. The molecule has 0 aromatic heterocycles. The maximum atomic E-state index is 11.9. The number of amides is 1. The summed E-state index contributed by atoms with van der Waals surface area (Å²) in [6.45, 7) is 9.19. The Morgan fingerprint density at radius 2 is 1.88 bits per heavy atom. The standard InChI is InChI=1S/C25H43NO6S/c1-16(2)10-11-18(5)22(27)13-12-20-21-14-19(32-24(21)15-23(20)28)8-6-7-9-25(29)26-33(30,31)17(3)4/h10,12-13,17-24,27-28H,6-9,11,14-15H2,1-5H3,(H,26,29)/t18?,19-,20-,21-,22-,23-,24+/m1/s1. The topological polar surface area (TPSA) is 113 Å². The summed E-state index contributed by atoms with van der Waals surface area (Å²) in [5, 5.41) is 20.3. The predicted octanol–water partition coefficient (Wildman–Crippen LogP) is 3.47. The molecule has 0 aromatic carbocycles. The normalized spacial score (nSPS) is 29.3. The van der Waals surface area contributed by atoms with Gasteiger partial charge in [0, 0.05) is 18.8 Å². The van der Waals surface area contributed by atoms with Gasteiger partial charge in [-0.15, -0.1) is 0 Å². The van der Waals surface area contributed by atoms with Crippen LogP contribution in [0.1, 0.15) is 79.6 Å². The van der Waals surface area contributed by atoms with Gasteiger partial charge in [0.15, 0.2) is 0 Å². The number of aliphatic hydroxyl groups is 2. The van der Waals surface area contributed by atoms with Gasteiger partial charge in [0.25, 0.3) is 0 Å². The molecule has 2 rings (SSSR count). The molecule has 1 saturated heterocycles. The molecule has 0 radical (unpaired) electrons. The van der Waals surface area contributed by atoms with E-state index in [9.17, 15) is 23.4 Å². The van der Waals surface area contributed by atoms with Crippen LogP contribution in [0.2, 0.25) is 0 Å². The second-order valence-corrected chi connectivity index (χ2v) is 12.5. The van der Waals surface area contributed by atoms with Crippen LogP contribution in [-0.4, -0.2) is 54.2 Å². The average Bonchev–Trinajstić information content (AvgIpc) is 3.23. The van der Waals surface area contributed by atoms with Gasteiger partial charge in [-0.3, -0.25) is 9.52 Å². The Morgan fingerprint density at radius 1 is 1.18 bits per heavy atom. The number of sulfonamides is 1. The van der Waals surface area contributed by atoms with Crippen molar-refractivity contribution in [3.8, 4) is 0 Å². The van der Waals surface area contributed by atoms with Gasteiger partial charge >= 0.3 is 0 Å². The van der Waals surface area contributed by atoms with Gasteiger partial charge < -0.3 is 14.9 Å². The molecule has 0 spiro atoms. The van der Waals surface area contributed by atoms with E-state index < -0.39 is 33.4 Å². The van der Waals surface area contributed by atoms with Crippen molar-refractivity contribution in [3.05, 3.63) is 23.8 Å². The molecule has 7 atom stereocenters. The molecular weight excluding hydrogens is 442 g/mol. The Balaban J connectivity index is 1.77. The van der Waals surface area contributed by atoms with Crippen molar-refractivity contribution in [2.75, 3.05) is 0 Å². The number of unbranched alkanes of at least 4 members (excludes halogenated alkanes) is 1. The fourth-order valence-corrected chi connectivity index (χ4v) is 5.26. The molecule has 1 heterocycles. The highest BCUT2D eigenvalue weighted by Gasteiger charge is 2.47. The lowest BCUT2D eigenvalue weighted by molar-refractivity contribution is -0.119. The number of carbonyl (C=O) groups is 1. The van der Waals surface area contributed by atoms with E-state index in [1.165, 1.54) is 19.4 Å². The van der Waals surface area contributed by atoms with E-state index in [0.717, 1.165) is 25.7 Å². The first kappa shape index (κ1) is 28.0. The van der Waals surface area contributed by atoms with Crippen LogP contribution in [0.15, 0.2) is 23.8 Å². The van der Waals surface area contributed by atoms with Gasteiger partial charge in [-0.25, -0.2) is 8.42 Å². The summed E-state index contributed by atoms with van der Waals surface area (Å²) >= 11 is 0. The lowest BCUT2D eigenvalue weighted by Crippen LogP contribution is -2.35. The number of carbonyl (C=O) groups excluding carboxylic acids is 1. The lowest BCUT2D eigenvalue weighted by atomic mass is 9.88. The summed E-state index contributed by atoms with van der Waals surface area (Å²) in [4.78, 5) is 11.9. The Hall–Kier alpha value is -1.22. The summed E-state index contributed by atoms with van der Waals surface area (Å²) in [5.74, 6) is -0.122. The Labute approximate surface area is 199 Å². The number of fused-ring (bicyclic) bond motifs is 1. The SMILES string of the molecule is CC(C)=CCC(C)[C@H](O)C=C[C@@H]1[C@H]2C[C@@H](CCCCC(=O)NS(=O)(=O)C(C)C)O[C@H]2C[C@H]1O. The molecule has 8 heteroatoms. The summed E-state index contributed by atoms with van der Waals surface area (Å²) < 4.78 is 31.8. The largest absolute Gasteiger partial charge is 0.392 e. The van der Waals surface area contributed by atoms with Crippen molar-refractivity contribution in [2.45, 2.75) is 109 Å². The minimum Gasteiger partial charge on any atom is -0.392 e.